The van der Waals surface area contributed by atoms with Crippen LogP contribution in [0, 0.1) is 26.7 Å². The third-order valence-electron chi connectivity index (χ3n) is 3.82. The number of hydrogen-bond donors (Lipinski definition) is 1. The highest BCUT2D eigenvalue weighted by Crippen LogP contribution is 2.27. The van der Waals surface area contributed by atoms with E-state index < -0.39 is 0 Å². The van der Waals surface area contributed by atoms with E-state index in [1.54, 1.807) is 0 Å². The van der Waals surface area contributed by atoms with Gasteiger partial charge in [0.05, 0.1) is 0 Å². The van der Waals surface area contributed by atoms with Crippen molar-refractivity contribution in [2.75, 3.05) is 18.6 Å². The molecule has 2 heteroatoms. The summed E-state index contributed by atoms with van der Waals surface area (Å²) in [6, 6.07) is 5.06. The van der Waals surface area contributed by atoms with Gasteiger partial charge < -0.3 is 5.32 Å². The topological polar surface area (TPSA) is 12.0 Å². The van der Waals surface area contributed by atoms with Gasteiger partial charge in [0.2, 0.25) is 0 Å². The molecule has 108 valence electrons. The summed E-state index contributed by atoms with van der Waals surface area (Å²) in [5.41, 5.74) is 5.69. The lowest BCUT2D eigenvalue weighted by atomic mass is 9.95. The third kappa shape index (κ3) is 4.85. The van der Waals surface area contributed by atoms with Crippen LogP contribution in [0.5, 0.6) is 0 Å². The molecule has 0 saturated carbocycles. The highest BCUT2D eigenvalue weighted by atomic mass is 32.2. The van der Waals surface area contributed by atoms with Crippen molar-refractivity contribution in [1.82, 2.24) is 5.32 Å². The molecule has 0 saturated heterocycles. The average Bonchev–Trinajstić information content (AvgIpc) is 2.35. The van der Waals surface area contributed by atoms with Crippen molar-refractivity contribution in [1.29, 1.82) is 0 Å². The number of rotatable bonds is 7. The van der Waals surface area contributed by atoms with Crippen molar-refractivity contribution >= 4 is 11.8 Å². The SMILES string of the molecule is CCC(C)CSCC(NC)c1c(C)cc(C)cc1C. The highest BCUT2D eigenvalue weighted by Gasteiger charge is 2.15. The van der Waals surface area contributed by atoms with E-state index in [2.05, 4.69) is 70.9 Å². The molecule has 0 spiro atoms. The second-order valence-corrected chi connectivity index (χ2v) is 6.78. The lowest BCUT2D eigenvalue weighted by molar-refractivity contribution is 0.629. The first kappa shape index (κ1) is 16.6. The molecule has 1 aromatic carbocycles. The van der Waals surface area contributed by atoms with Crippen molar-refractivity contribution in [3.63, 3.8) is 0 Å². The Labute approximate surface area is 123 Å². The molecular weight excluding hydrogens is 250 g/mol. The number of thioether (sulfide) groups is 1. The van der Waals surface area contributed by atoms with Crippen LogP contribution in [-0.4, -0.2) is 18.6 Å². The Hall–Kier alpha value is -0.470. The first-order chi connectivity index (χ1) is 8.99. The van der Waals surface area contributed by atoms with Crippen LogP contribution >= 0.6 is 11.8 Å². The lowest BCUT2D eigenvalue weighted by Crippen LogP contribution is -2.21. The summed E-state index contributed by atoms with van der Waals surface area (Å²) in [4.78, 5) is 0. The van der Waals surface area contributed by atoms with Gasteiger partial charge in [-0.15, -0.1) is 0 Å². The summed E-state index contributed by atoms with van der Waals surface area (Å²) < 4.78 is 0. The van der Waals surface area contributed by atoms with Gasteiger partial charge in [-0.05, 0) is 56.2 Å². The molecule has 2 atom stereocenters. The maximum Gasteiger partial charge on any atom is 0.0414 e. The van der Waals surface area contributed by atoms with Gasteiger partial charge in [-0.25, -0.2) is 0 Å². The molecule has 0 amide bonds. The minimum absolute atomic E-state index is 0.467. The second-order valence-electron chi connectivity index (χ2n) is 5.70. The predicted octanol–water partition coefficient (Wildman–Crippen LogP) is 4.65. The first-order valence-electron chi connectivity index (χ1n) is 7.32. The summed E-state index contributed by atoms with van der Waals surface area (Å²) in [7, 11) is 2.08. The quantitative estimate of drug-likeness (QED) is 0.779. The predicted molar refractivity (Wildman–Crippen MR) is 89.2 cm³/mol. The van der Waals surface area contributed by atoms with Gasteiger partial charge in [0.25, 0.3) is 0 Å². The zero-order valence-electron chi connectivity index (χ0n) is 13.3. The van der Waals surface area contributed by atoms with Gasteiger partial charge in [-0.1, -0.05) is 38.0 Å². The van der Waals surface area contributed by atoms with Gasteiger partial charge >= 0.3 is 0 Å². The summed E-state index contributed by atoms with van der Waals surface area (Å²) in [6.45, 7) is 11.3. The van der Waals surface area contributed by atoms with E-state index in [-0.39, 0.29) is 0 Å². The second kappa shape index (κ2) is 7.96. The van der Waals surface area contributed by atoms with Crippen LogP contribution in [0.15, 0.2) is 12.1 Å². The number of nitrogens with one attached hydrogen (secondary N) is 1. The van der Waals surface area contributed by atoms with E-state index in [0.29, 0.717) is 6.04 Å². The van der Waals surface area contributed by atoms with Gasteiger partial charge in [-0.2, -0.15) is 11.8 Å². The largest absolute Gasteiger partial charge is 0.312 e. The Balaban J connectivity index is 2.75. The Bertz CT molecular complexity index is 377. The third-order valence-corrected chi connectivity index (χ3v) is 5.19. The van der Waals surface area contributed by atoms with E-state index >= 15 is 0 Å². The van der Waals surface area contributed by atoms with E-state index in [0.717, 1.165) is 11.7 Å². The summed E-state index contributed by atoms with van der Waals surface area (Å²) in [6.07, 6.45) is 1.28. The normalized spacial score (nSPS) is 14.4. The van der Waals surface area contributed by atoms with Crippen molar-refractivity contribution in [3.8, 4) is 0 Å². The molecule has 1 rings (SSSR count). The minimum Gasteiger partial charge on any atom is -0.312 e. The van der Waals surface area contributed by atoms with Gasteiger partial charge in [0.15, 0.2) is 0 Å². The van der Waals surface area contributed by atoms with Crippen LogP contribution in [0.1, 0.15) is 48.6 Å². The fourth-order valence-corrected chi connectivity index (χ4v) is 3.90. The fourth-order valence-electron chi connectivity index (χ4n) is 2.56. The smallest absolute Gasteiger partial charge is 0.0414 e. The molecular formula is C17H29NS. The molecule has 0 heterocycles. The van der Waals surface area contributed by atoms with Crippen LogP contribution in [-0.2, 0) is 0 Å². The number of aryl methyl sites for hydroxylation is 3. The molecule has 1 nitrogen and oxygen atoms in total. The summed E-state index contributed by atoms with van der Waals surface area (Å²) in [5, 5.41) is 3.49. The molecule has 0 aliphatic rings. The molecule has 0 aliphatic carbocycles. The molecule has 0 aliphatic heterocycles. The van der Waals surface area contributed by atoms with Crippen molar-refractivity contribution in [3.05, 3.63) is 34.4 Å². The molecule has 0 radical (unpaired) electrons. The molecule has 0 bridgehead atoms. The van der Waals surface area contributed by atoms with Gasteiger partial charge in [-0.3, -0.25) is 0 Å². The van der Waals surface area contributed by atoms with Crippen molar-refractivity contribution in [2.45, 2.75) is 47.1 Å². The van der Waals surface area contributed by atoms with Gasteiger partial charge in [0.1, 0.15) is 0 Å². The molecule has 19 heavy (non-hydrogen) atoms. The Kier molecular flexibility index (Phi) is 6.95. The molecule has 0 aromatic heterocycles. The van der Waals surface area contributed by atoms with Crippen molar-refractivity contribution < 1.29 is 0 Å². The summed E-state index contributed by atoms with van der Waals surface area (Å²) >= 11 is 2.07. The van der Waals surface area contributed by atoms with E-state index in [1.165, 1.54) is 34.4 Å². The van der Waals surface area contributed by atoms with Crippen molar-refractivity contribution in [2.24, 2.45) is 5.92 Å². The summed E-state index contributed by atoms with van der Waals surface area (Å²) in [5.74, 6) is 3.24. The molecule has 1 N–H and O–H groups in total. The Morgan fingerprint density at radius 1 is 1.11 bits per heavy atom. The van der Waals surface area contributed by atoms with E-state index in [4.69, 9.17) is 0 Å². The average molecular weight is 279 g/mol. The zero-order valence-corrected chi connectivity index (χ0v) is 14.2. The van der Waals surface area contributed by atoms with Crippen LogP contribution < -0.4 is 5.32 Å². The maximum absolute atomic E-state index is 3.49. The Morgan fingerprint density at radius 3 is 2.16 bits per heavy atom. The number of hydrogen-bond acceptors (Lipinski definition) is 2. The monoisotopic (exact) mass is 279 g/mol. The first-order valence-corrected chi connectivity index (χ1v) is 8.47. The Morgan fingerprint density at radius 2 is 1.68 bits per heavy atom. The molecule has 0 fully saturated rings. The van der Waals surface area contributed by atoms with Crippen LogP contribution in [0.2, 0.25) is 0 Å². The molecule has 1 aromatic rings. The lowest BCUT2D eigenvalue weighted by Gasteiger charge is -2.22. The van der Waals surface area contributed by atoms with E-state index in [9.17, 15) is 0 Å². The van der Waals surface area contributed by atoms with Crippen LogP contribution in [0.25, 0.3) is 0 Å². The standard InChI is InChI=1S/C17H29NS/c1-7-12(2)10-19-11-16(18-6)17-14(4)8-13(3)9-15(17)5/h8-9,12,16,18H,7,10-11H2,1-6H3. The van der Waals surface area contributed by atoms with Crippen LogP contribution in [0.4, 0.5) is 0 Å². The molecule has 2 unspecified atom stereocenters. The van der Waals surface area contributed by atoms with Crippen LogP contribution in [0.3, 0.4) is 0 Å². The van der Waals surface area contributed by atoms with E-state index in [1.807, 2.05) is 0 Å². The highest BCUT2D eigenvalue weighted by molar-refractivity contribution is 7.99. The van der Waals surface area contributed by atoms with Gasteiger partial charge in [0, 0.05) is 11.8 Å². The zero-order chi connectivity index (χ0) is 14.4. The number of benzene rings is 1. The minimum atomic E-state index is 0.467. The maximum atomic E-state index is 3.49. The fraction of sp³-hybridized carbons (Fsp3) is 0.647.